The number of aromatic amines is 1. The van der Waals surface area contributed by atoms with Crippen molar-refractivity contribution in [2.45, 2.75) is 13.3 Å². The molecule has 1 aromatic carbocycles. The number of aliphatic hydroxyl groups excluding tert-OH is 1. The maximum atomic E-state index is 8.94. The van der Waals surface area contributed by atoms with Crippen molar-refractivity contribution in [3.63, 3.8) is 0 Å². The highest BCUT2D eigenvalue weighted by Crippen LogP contribution is 2.27. The molecule has 0 aliphatic rings. The maximum Gasteiger partial charge on any atom is 0.0648 e. The van der Waals surface area contributed by atoms with Gasteiger partial charge in [0.1, 0.15) is 0 Å². The fourth-order valence-electron chi connectivity index (χ4n) is 1.80. The first kappa shape index (κ1) is 9.56. The lowest BCUT2D eigenvalue weighted by molar-refractivity contribution is 0.300. The molecule has 0 fully saturated rings. The van der Waals surface area contributed by atoms with E-state index in [1.807, 2.05) is 25.1 Å². The first-order chi connectivity index (χ1) is 6.74. The summed E-state index contributed by atoms with van der Waals surface area (Å²) in [7, 11) is 0. The fraction of sp³-hybridized carbons (Fsp3) is 0.273. The Labute approximate surface area is 87.5 Å². The van der Waals surface area contributed by atoms with E-state index < -0.39 is 0 Å². The average Bonchev–Trinajstić information content (AvgIpc) is 2.47. The zero-order valence-electron chi connectivity index (χ0n) is 7.97. The summed E-state index contributed by atoms with van der Waals surface area (Å²) in [5, 5.41) is 10.8. The number of fused-ring (bicyclic) bond motifs is 1. The predicted molar refractivity (Wildman–Crippen MR) is 58.8 cm³/mol. The van der Waals surface area contributed by atoms with Gasteiger partial charge in [0, 0.05) is 17.7 Å². The van der Waals surface area contributed by atoms with Gasteiger partial charge in [0.2, 0.25) is 0 Å². The summed E-state index contributed by atoms with van der Waals surface area (Å²) in [5.41, 5.74) is 3.21. The van der Waals surface area contributed by atoms with Crippen LogP contribution < -0.4 is 0 Å². The number of H-pyrrole nitrogens is 1. The van der Waals surface area contributed by atoms with Crippen LogP contribution in [0.4, 0.5) is 0 Å². The van der Waals surface area contributed by atoms with Crippen LogP contribution in [0.15, 0.2) is 18.2 Å². The molecule has 0 saturated heterocycles. The second-order valence-electron chi connectivity index (χ2n) is 3.36. The van der Waals surface area contributed by atoms with Crippen LogP contribution in [0, 0.1) is 6.92 Å². The minimum atomic E-state index is 0.167. The maximum absolute atomic E-state index is 8.94. The minimum absolute atomic E-state index is 0.167. The third kappa shape index (κ3) is 1.41. The Bertz CT molecular complexity index is 462. The molecule has 1 aromatic heterocycles. The lowest BCUT2D eigenvalue weighted by Gasteiger charge is -1.97. The summed E-state index contributed by atoms with van der Waals surface area (Å²) >= 11 is 6.05. The molecule has 0 aliphatic heterocycles. The summed E-state index contributed by atoms with van der Waals surface area (Å²) in [6.07, 6.45) is 0.673. The number of benzene rings is 1. The smallest absolute Gasteiger partial charge is 0.0648 e. The van der Waals surface area contributed by atoms with Crippen LogP contribution in [-0.4, -0.2) is 16.7 Å². The van der Waals surface area contributed by atoms with E-state index in [1.54, 1.807) is 0 Å². The van der Waals surface area contributed by atoms with E-state index in [4.69, 9.17) is 16.7 Å². The molecule has 2 nitrogen and oxygen atoms in total. The zero-order valence-corrected chi connectivity index (χ0v) is 8.73. The second-order valence-corrected chi connectivity index (χ2v) is 3.77. The van der Waals surface area contributed by atoms with Crippen LogP contribution in [0.3, 0.4) is 0 Å². The van der Waals surface area contributed by atoms with Gasteiger partial charge < -0.3 is 10.1 Å². The molecule has 0 unspecified atom stereocenters. The van der Waals surface area contributed by atoms with Gasteiger partial charge in [-0.2, -0.15) is 0 Å². The number of rotatable bonds is 2. The number of para-hydroxylation sites is 1. The Morgan fingerprint density at radius 3 is 2.93 bits per heavy atom. The van der Waals surface area contributed by atoms with E-state index in [1.165, 1.54) is 0 Å². The second kappa shape index (κ2) is 3.64. The Hall–Kier alpha value is -0.990. The standard InChI is InChI=1S/C11H12ClNO/c1-7-8(5-6-14)9-3-2-4-10(12)11(9)13-7/h2-4,13-14H,5-6H2,1H3. The van der Waals surface area contributed by atoms with E-state index in [9.17, 15) is 0 Å². The van der Waals surface area contributed by atoms with Crippen LogP contribution in [-0.2, 0) is 6.42 Å². The first-order valence-corrected chi connectivity index (χ1v) is 4.98. The highest BCUT2D eigenvalue weighted by atomic mass is 35.5. The van der Waals surface area contributed by atoms with E-state index in [0.29, 0.717) is 6.42 Å². The van der Waals surface area contributed by atoms with E-state index in [-0.39, 0.29) is 6.61 Å². The van der Waals surface area contributed by atoms with Gasteiger partial charge in [-0.3, -0.25) is 0 Å². The van der Waals surface area contributed by atoms with Gasteiger partial charge in [-0.25, -0.2) is 0 Å². The monoisotopic (exact) mass is 209 g/mol. The quantitative estimate of drug-likeness (QED) is 0.784. The van der Waals surface area contributed by atoms with E-state index in [2.05, 4.69) is 4.98 Å². The number of nitrogens with one attached hydrogen (secondary N) is 1. The Morgan fingerprint density at radius 1 is 1.43 bits per heavy atom. The molecule has 0 atom stereocenters. The van der Waals surface area contributed by atoms with Crippen molar-refractivity contribution in [2.75, 3.05) is 6.61 Å². The average molecular weight is 210 g/mol. The van der Waals surface area contributed by atoms with Crippen molar-refractivity contribution in [1.29, 1.82) is 0 Å². The normalized spacial score (nSPS) is 11.1. The van der Waals surface area contributed by atoms with Crippen LogP contribution in [0.2, 0.25) is 5.02 Å². The third-order valence-corrected chi connectivity index (χ3v) is 2.78. The molecule has 0 radical (unpaired) electrons. The molecule has 3 heteroatoms. The third-order valence-electron chi connectivity index (χ3n) is 2.47. The predicted octanol–water partition coefficient (Wildman–Crippen LogP) is 2.66. The van der Waals surface area contributed by atoms with Crippen molar-refractivity contribution < 1.29 is 5.11 Å². The van der Waals surface area contributed by atoms with Crippen molar-refractivity contribution in [1.82, 2.24) is 4.98 Å². The molecule has 2 rings (SSSR count). The SMILES string of the molecule is Cc1[nH]c2c(Cl)cccc2c1CCO. The van der Waals surface area contributed by atoms with Crippen molar-refractivity contribution in [3.05, 3.63) is 34.5 Å². The first-order valence-electron chi connectivity index (χ1n) is 4.60. The summed E-state index contributed by atoms with van der Waals surface area (Å²) < 4.78 is 0. The van der Waals surface area contributed by atoms with Gasteiger partial charge in [-0.1, -0.05) is 23.7 Å². The molecule has 1 heterocycles. The number of hydrogen-bond acceptors (Lipinski definition) is 1. The topological polar surface area (TPSA) is 36.0 Å². The summed E-state index contributed by atoms with van der Waals surface area (Å²) in [6.45, 7) is 2.17. The van der Waals surface area contributed by atoms with E-state index >= 15 is 0 Å². The van der Waals surface area contributed by atoms with Crippen LogP contribution in [0.1, 0.15) is 11.3 Å². The Kier molecular flexibility index (Phi) is 2.48. The molecule has 0 aliphatic carbocycles. The summed E-state index contributed by atoms with van der Waals surface area (Å²) in [6, 6.07) is 5.82. The summed E-state index contributed by atoms with van der Waals surface area (Å²) in [5.74, 6) is 0. The van der Waals surface area contributed by atoms with Gasteiger partial charge in [-0.05, 0) is 25.0 Å². The van der Waals surface area contributed by atoms with Gasteiger partial charge in [0.15, 0.2) is 0 Å². The number of aryl methyl sites for hydroxylation is 1. The lowest BCUT2D eigenvalue weighted by Crippen LogP contribution is -1.91. The van der Waals surface area contributed by atoms with Crippen molar-refractivity contribution in [3.8, 4) is 0 Å². The number of hydrogen-bond donors (Lipinski definition) is 2. The molecule has 0 spiro atoms. The molecule has 0 bridgehead atoms. The van der Waals surface area contributed by atoms with Gasteiger partial charge in [0.05, 0.1) is 10.5 Å². The lowest BCUT2D eigenvalue weighted by atomic mass is 10.1. The molecule has 74 valence electrons. The Balaban J connectivity index is 2.70. The van der Waals surface area contributed by atoms with Crippen LogP contribution in [0.25, 0.3) is 10.9 Å². The van der Waals surface area contributed by atoms with Gasteiger partial charge in [-0.15, -0.1) is 0 Å². The summed E-state index contributed by atoms with van der Waals surface area (Å²) in [4.78, 5) is 3.24. The van der Waals surface area contributed by atoms with Crippen LogP contribution in [0.5, 0.6) is 0 Å². The van der Waals surface area contributed by atoms with Crippen molar-refractivity contribution in [2.24, 2.45) is 0 Å². The van der Waals surface area contributed by atoms with Crippen LogP contribution >= 0.6 is 11.6 Å². The highest BCUT2D eigenvalue weighted by molar-refractivity contribution is 6.35. The number of halogens is 1. The molecule has 14 heavy (non-hydrogen) atoms. The molecular formula is C11H12ClNO. The highest BCUT2D eigenvalue weighted by Gasteiger charge is 2.09. The molecule has 0 amide bonds. The largest absolute Gasteiger partial charge is 0.396 e. The fourth-order valence-corrected chi connectivity index (χ4v) is 2.02. The molecule has 2 N–H and O–H groups in total. The van der Waals surface area contributed by atoms with E-state index in [0.717, 1.165) is 27.2 Å². The minimum Gasteiger partial charge on any atom is -0.396 e. The molecule has 0 saturated carbocycles. The number of aliphatic hydroxyl groups is 1. The number of aromatic nitrogens is 1. The molecular weight excluding hydrogens is 198 g/mol. The van der Waals surface area contributed by atoms with Gasteiger partial charge >= 0.3 is 0 Å². The Morgan fingerprint density at radius 2 is 2.21 bits per heavy atom. The zero-order chi connectivity index (χ0) is 10.1. The van der Waals surface area contributed by atoms with Gasteiger partial charge in [0.25, 0.3) is 0 Å². The van der Waals surface area contributed by atoms with Crippen molar-refractivity contribution >= 4 is 22.5 Å². The molecule has 2 aromatic rings.